The largest absolute Gasteiger partial charge is 0.416 e. The molecule has 0 N–H and O–H groups in total. The quantitative estimate of drug-likeness (QED) is 0.577. The molecule has 0 saturated carbocycles. The van der Waals surface area contributed by atoms with E-state index in [1.165, 1.54) is 0 Å². The highest BCUT2D eigenvalue weighted by Gasteiger charge is 2.42. The average Bonchev–Trinajstić information content (AvgIpc) is 2.78. The van der Waals surface area contributed by atoms with Gasteiger partial charge in [-0.25, -0.2) is 5.32 Å². The Morgan fingerprint density at radius 3 is 1.91 bits per heavy atom. The first kappa shape index (κ1) is 24.0. The van der Waals surface area contributed by atoms with Crippen molar-refractivity contribution in [3.63, 3.8) is 0 Å². The van der Waals surface area contributed by atoms with Crippen LogP contribution in [-0.4, -0.2) is 55.6 Å². The molecule has 0 aliphatic carbocycles. The first-order valence-corrected chi connectivity index (χ1v) is 11.0. The summed E-state index contributed by atoms with van der Waals surface area (Å²) in [4.78, 5) is 4.53. The van der Waals surface area contributed by atoms with Gasteiger partial charge in [0, 0.05) is 44.7 Å². The minimum Gasteiger partial charge on any atom is -0.304 e. The van der Waals surface area contributed by atoms with Crippen molar-refractivity contribution in [1.82, 2.24) is 15.1 Å². The van der Waals surface area contributed by atoms with Crippen molar-refractivity contribution >= 4 is 0 Å². The van der Waals surface area contributed by atoms with Gasteiger partial charge in [-0.05, 0) is 42.8 Å². The average molecular weight is 470 g/mol. The predicted octanol–water partition coefficient (Wildman–Crippen LogP) is 5.17. The van der Waals surface area contributed by atoms with Crippen molar-refractivity contribution in [2.75, 3.05) is 39.8 Å². The molecule has 0 bridgehead atoms. The van der Waals surface area contributed by atoms with E-state index in [1.807, 2.05) is 37.4 Å². The molecule has 1 radical (unpaired) electrons. The summed E-state index contributed by atoms with van der Waals surface area (Å²) in [6.45, 7) is 3.72. The Kier molecular flexibility index (Phi) is 6.75. The van der Waals surface area contributed by atoms with Crippen LogP contribution < -0.4 is 5.32 Å². The van der Waals surface area contributed by atoms with E-state index in [0.29, 0.717) is 13.0 Å². The summed E-state index contributed by atoms with van der Waals surface area (Å²) in [5, 5.41) is 4.59. The summed E-state index contributed by atoms with van der Waals surface area (Å²) >= 11 is 0. The molecule has 0 aromatic heterocycles. The Labute approximate surface area is 189 Å². The third-order valence-electron chi connectivity index (χ3n) is 6.65. The molecule has 2 aromatic rings. The number of benzene rings is 2. The van der Waals surface area contributed by atoms with E-state index < -0.39 is 29.5 Å². The van der Waals surface area contributed by atoms with Crippen molar-refractivity contribution in [3.8, 4) is 0 Å². The molecular weight excluding hydrogens is 444 g/mol. The Bertz CT molecular complexity index is 903. The van der Waals surface area contributed by atoms with E-state index in [2.05, 4.69) is 15.1 Å². The second-order valence-electron chi connectivity index (χ2n) is 8.82. The van der Waals surface area contributed by atoms with Gasteiger partial charge in [-0.1, -0.05) is 30.3 Å². The van der Waals surface area contributed by atoms with Crippen LogP contribution in [0.2, 0.25) is 0 Å². The molecule has 179 valence electrons. The van der Waals surface area contributed by atoms with Gasteiger partial charge >= 0.3 is 12.4 Å². The van der Waals surface area contributed by atoms with Crippen molar-refractivity contribution in [2.45, 2.75) is 36.8 Å². The van der Waals surface area contributed by atoms with Gasteiger partial charge in [0.15, 0.2) is 0 Å². The number of hydrogen-bond donors (Lipinski definition) is 0. The molecule has 0 amide bonds. The minimum absolute atomic E-state index is 0.0209. The molecule has 2 heterocycles. The first-order chi connectivity index (χ1) is 15.5. The summed E-state index contributed by atoms with van der Waals surface area (Å²) in [5.41, 5.74) is -1.75. The number of likely N-dealkylation sites (N-methyl/N-ethyl adjacent to an activating group) is 1. The fraction of sp³-hybridized carbons (Fsp3) is 0.500. The molecule has 0 spiro atoms. The zero-order valence-electron chi connectivity index (χ0n) is 18.2. The molecule has 2 aromatic carbocycles. The third-order valence-corrected chi connectivity index (χ3v) is 6.65. The van der Waals surface area contributed by atoms with Gasteiger partial charge in [-0.15, -0.1) is 0 Å². The van der Waals surface area contributed by atoms with Crippen LogP contribution in [0.4, 0.5) is 26.3 Å². The standard InChI is InChI=1S/C24H26F6N3/c1-32-9-11-33(12-10-32)20-7-8-31-22(21(20)16-5-3-2-4-6-16)17-13-18(23(25,26)27)15-19(14-17)24(28,29)30/h2-6,13-15,20-22H,7-12H2,1H3/t20?,21-,22-/m1/s1. The van der Waals surface area contributed by atoms with Crippen molar-refractivity contribution in [3.05, 3.63) is 70.8 Å². The maximum absolute atomic E-state index is 13.5. The van der Waals surface area contributed by atoms with Gasteiger partial charge in [-0.2, -0.15) is 26.3 Å². The molecule has 2 fully saturated rings. The SMILES string of the molecule is CN1CCN(C2CC[N][C@H](c3cc(C(F)(F)F)cc(C(F)(F)F)c3)[C@@H]2c2ccccc2)CC1. The molecule has 33 heavy (non-hydrogen) atoms. The van der Waals surface area contributed by atoms with E-state index >= 15 is 0 Å². The van der Waals surface area contributed by atoms with Crippen LogP contribution in [0.1, 0.15) is 40.6 Å². The van der Waals surface area contributed by atoms with Crippen LogP contribution in [0.15, 0.2) is 48.5 Å². The predicted molar refractivity (Wildman–Crippen MR) is 113 cm³/mol. The zero-order valence-corrected chi connectivity index (χ0v) is 18.2. The number of alkyl halides is 6. The van der Waals surface area contributed by atoms with Crippen molar-refractivity contribution < 1.29 is 26.3 Å². The first-order valence-electron chi connectivity index (χ1n) is 11.0. The van der Waals surface area contributed by atoms with Crippen LogP contribution in [0.3, 0.4) is 0 Å². The second-order valence-corrected chi connectivity index (χ2v) is 8.82. The second kappa shape index (κ2) is 9.27. The van der Waals surface area contributed by atoms with E-state index in [1.54, 1.807) is 0 Å². The summed E-state index contributed by atoms with van der Waals surface area (Å²) in [6, 6.07) is 10.3. The van der Waals surface area contributed by atoms with Gasteiger partial charge in [-0.3, -0.25) is 4.90 Å². The number of nitrogens with zero attached hydrogens (tertiary/aromatic N) is 3. The number of piperazine rings is 1. The molecule has 9 heteroatoms. The smallest absolute Gasteiger partial charge is 0.304 e. The van der Waals surface area contributed by atoms with E-state index in [4.69, 9.17) is 0 Å². The highest BCUT2D eigenvalue weighted by Crippen LogP contribution is 2.44. The lowest BCUT2D eigenvalue weighted by molar-refractivity contribution is -0.143. The Morgan fingerprint density at radius 1 is 0.788 bits per heavy atom. The lowest BCUT2D eigenvalue weighted by Gasteiger charge is -2.46. The normalized spacial score (nSPS) is 25.8. The van der Waals surface area contributed by atoms with Crippen LogP contribution in [0.5, 0.6) is 0 Å². The molecule has 2 saturated heterocycles. The van der Waals surface area contributed by atoms with Crippen LogP contribution in [-0.2, 0) is 12.4 Å². The number of hydrogen-bond acceptors (Lipinski definition) is 2. The maximum Gasteiger partial charge on any atom is 0.416 e. The maximum atomic E-state index is 13.5. The summed E-state index contributed by atoms with van der Waals surface area (Å²) in [5.74, 6) is -0.340. The number of halogens is 6. The lowest BCUT2D eigenvalue weighted by atomic mass is 9.76. The van der Waals surface area contributed by atoms with E-state index in [-0.39, 0.29) is 23.6 Å². The Morgan fingerprint density at radius 2 is 1.36 bits per heavy atom. The van der Waals surface area contributed by atoms with Gasteiger partial charge in [0.05, 0.1) is 17.2 Å². The molecule has 4 rings (SSSR count). The number of rotatable bonds is 3. The molecule has 3 nitrogen and oxygen atoms in total. The van der Waals surface area contributed by atoms with Crippen LogP contribution in [0, 0.1) is 0 Å². The van der Waals surface area contributed by atoms with Crippen LogP contribution >= 0.6 is 0 Å². The van der Waals surface area contributed by atoms with Gasteiger partial charge in [0.2, 0.25) is 0 Å². The number of piperidine rings is 1. The Balaban J connectivity index is 1.79. The zero-order chi connectivity index (χ0) is 23.8. The minimum atomic E-state index is -4.89. The highest BCUT2D eigenvalue weighted by molar-refractivity contribution is 5.38. The van der Waals surface area contributed by atoms with Crippen molar-refractivity contribution in [2.24, 2.45) is 0 Å². The van der Waals surface area contributed by atoms with Gasteiger partial charge < -0.3 is 4.90 Å². The molecule has 2 aliphatic rings. The molecule has 3 atom stereocenters. The van der Waals surface area contributed by atoms with Gasteiger partial charge in [0.1, 0.15) is 0 Å². The Hall–Kier alpha value is -2.10. The summed E-state index contributed by atoms with van der Waals surface area (Å²) < 4.78 is 81.1. The summed E-state index contributed by atoms with van der Waals surface area (Å²) in [7, 11) is 2.03. The topological polar surface area (TPSA) is 20.6 Å². The molecular formula is C24H26F6N3. The molecule has 2 aliphatic heterocycles. The molecule has 1 unspecified atom stereocenters. The monoisotopic (exact) mass is 470 g/mol. The van der Waals surface area contributed by atoms with Gasteiger partial charge in [0.25, 0.3) is 0 Å². The van der Waals surface area contributed by atoms with E-state index in [0.717, 1.165) is 43.9 Å². The van der Waals surface area contributed by atoms with Crippen LogP contribution in [0.25, 0.3) is 0 Å². The van der Waals surface area contributed by atoms with E-state index in [9.17, 15) is 26.3 Å². The fourth-order valence-corrected chi connectivity index (χ4v) is 4.95. The summed E-state index contributed by atoms with van der Waals surface area (Å²) in [6.07, 6.45) is -9.06. The fourth-order valence-electron chi connectivity index (χ4n) is 4.95. The third kappa shape index (κ3) is 5.36. The van der Waals surface area contributed by atoms with Crippen molar-refractivity contribution in [1.29, 1.82) is 0 Å². The highest BCUT2D eigenvalue weighted by atomic mass is 19.4. The lowest BCUT2D eigenvalue weighted by Crippen LogP contribution is -2.54.